The van der Waals surface area contributed by atoms with Crippen LogP contribution in [0.1, 0.15) is 38.8 Å². The Balaban J connectivity index is 1.71. The Morgan fingerprint density at radius 2 is 2.33 bits per heavy atom. The average molecular weight is 247 g/mol. The van der Waals surface area contributed by atoms with Gasteiger partial charge in [0.25, 0.3) is 0 Å². The van der Waals surface area contributed by atoms with Gasteiger partial charge >= 0.3 is 0 Å². The molecule has 0 bridgehead atoms. The fourth-order valence-electron chi connectivity index (χ4n) is 2.53. The predicted octanol–water partition coefficient (Wildman–Crippen LogP) is 2.09. The van der Waals surface area contributed by atoms with Gasteiger partial charge in [-0.3, -0.25) is 4.98 Å². The van der Waals surface area contributed by atoms with E-state index in [9.17, 15) is 0 Å². The number of nitrogens with one attached hydrogen (secondary N) is 2. The second-order valence-electron chi connectivity index (χ2n) is 5.86. The lowest BCUT2D eigenvalue weighted by molar-refractivity contribution is 0.438. The van der Waals surface area contributed by atoms with E-state index in [-0.39, 0.29) is 5.41 Å². The molecule has 0 aliphatic carbocycles. The van der Waals surface area contributed by atoms with Crippen molar-refractivity contribution in [2.24, 2.45) is 0 Å². The summed E-state index contributed by atoms with van der Waals surface area (Å²) in [7, 11) is 0. The number of rotatable bonds is 6. The zero-order chi connectivity index (χ0) is 12.8. The molecular weight excluding hydrogens is 222 g/mol. The van der Waals surface area contributed by atoms with Crippen molar-refractivity contribution in [2.45, 2.75) is 44.6 Å². The SMILES string of the molecule is CC(C)(CNCCC1CCCN1)c1ccccn1. The fraction of sp³-hybridized carbons (Fsp3) is 0.667. The fourth-order valence-corrected chi connectivity index (χ4v) is 2.53. The molecule has 1 unspecified atom stereocenters. The van der Waals surface area contributed by atoms with Crippen LogP contribution in [0, 0.1) is 0 Å². The molecule has 0 aromatic carbocycles. The van der Waals surface area contributed by atoms with Gasteiger partial charge in [-0.2, -0.15) is 0 Å². The molecule has 1 fully saturated rings. The van der Waals surface area contributed by atoms with Gasteiger partial charge in [0, 0.05) is 29.9 Å². The van der Waals surface area contributed by atoms with Gasteiger partial charge in [-0.15, -0.1) is 0 Å². The summed E-state index contributed by atoms with van der Waals surface area (Å²) in [6, 6.07) is 6.88. The molecule has 0 saturated carbocycles. The molecule has 3 heteroatoms. The third kappa shape index (κ3) is 3.79. The summed E-state index contributed by atoms with van der Waals surface area (Å²) in [6.45, 7) is 7.76. The van der Waals surface area contributed by atoms with E-state index in [4.69, 9.17) is 0 Å². The molecule has 0 radical (unpaired) electrons. The molecule has 2 rings (SSSR count). The van der Waals surface area contributed by atoms with Crippen LogP contribution in [0.4, 0.5) is 0 Å². The molecule has 0 amide bonds. The predicted molar refractivity (Wildman–Crippen MR) is 75.8 cm³/mol. The van der Waals surface area contributed by atoms with Crippen molar-refractivity contribution in [3.8, 4) is 0 Å². The average Bonchev–Trinajstić information content (AvgIpc) is 2.89. The summed E-state index contributed by atoms with van der Waals surface area (Å²) in [4.78, 5) is 4.45. The van der Waals surface area contributed by atoms with Crippen LogP contribution in [0.25, 0.3) is 0 Å². The largest absolute Gasteiger partial charge is 0.316 e. The summed E-state index contributed by atoms with van der Waals surface area (Å²) in [5, 5.41) is 7.10. The number of aromatic nitrogens is 1. The number of pyridine rings is 1. The van der Waals surface area contributed by atoms with E-state index >= 15 is 0 Å². The lowest BCUT2D eigenvalue weighted by Gasteiger charge is -2.24. The number of hydrogen-bond acceptors (Lipinski definition) is 3. The van der Waals surface area contributed by atoms with Crippen LogP contribution >= 0.6 is 0 Å². The van der Waals surface area contributed by atoms with Gasteiger partial charge in [0.15, 0.2) is 0 Å². The maximum absolute atomic E-state index is 4.45. The van der Waals surface area contributed by atoms with Crippen molar-refractivity contribution in [2.75, 3.05) is 19.6 Å². The molecule has 1 saturated heterocycles. The third-order valence-corrected chi connectivity index (χ3v) is 3.76. The maximum atomic E-state index is 4.45. The van der Waals surface area contributed by atoms with Crippen molar-refractivity contribution in [3.63, 3.8) is 0 Å². The number of nitrogens with zero attached hydrogens (tertiary/aromatic N) is 1. The Labute approximate surface area is 110 Å². The monoisotopic (exact) mass is 247 g/mol. The van der Waals surface area contributed by atoms with Gasteiger partial charge < -0.3 is 10.6 Å². The molecule has 100 valence electrons. The van der Waals surface area contributed by atoms with Crippen molar-refractivity contribution in [1.29, 1.82) is 0 Å². The van der Waals surface area contributed by atoms with Crippen LogP contribution in [-0.2, 0) is 5.41 Å². The van der Waals surface area contributed by atoms with Gasteiger partial charge in [-0.05, 0) is 44.5 Å². The third-order valence-electron chi connectivity index (χ3n) is 3.76. The van der Waals surface area contributed by atoms with Gasteiger partial charge in [-0.25, -0.2) is 0 Å². The first-order chi connectivity index (χ1) is 8.68. The Bertz CT molecular complexity index is 342. The highest BCUT2D eigenvalue weighted by molar-refractivity contribution is 5.14. The van der Waals surface area contributed by atoms with Crippen LogP contribution < -0.4 is 10.6 Å². The van der Waals surface area contributed by atoms with Crippen molar-refractivity contribution in [3.05, 3.63) is 30.1 Å². The highest BCUT2D eigenvalue weighted by Gasteiger charge is 2.21. The van der Waals surface area contributed by atoms with E-state index in [0.717, 1.165) is 24.8 Å². The van der Waals surface area contributed by atoms with Gasteiger partial charge in [0.05, 0.1) is 0 Å². The molecule has 1 aromatic heterocycles. The van der Waals surface area contributed by atoms with Gasteiger partial charge in [0.2, 0.25) is 0 Å². The van der Waals surface area contributed by atoms with E-state index in [2.05, 4.69) is 41.6 Å². The molecule has 3 nitrogen and oxygen atoms in total. The first kappa shape index (κ1) is 13.5. The Morgan fingerprint density at radius 3 is 3.00 bits per heavy atom. The smallest absolute Gasteiger partial charge is 0.0472 e. The summed E-state index contributed by atoms with van der Waals surface area (Å²) < 4.78 is 0. The Morgan fingerprint density at radius 1 is 1.44 bits per heavy atom. The van der Waals surface area contributed by atoms with E-state index in [0.29, 0.717) is 0 Å². The first-order valence-corrected chi connectivity index (χ1v) is 7.04. The minimum atomic E-state index is 0.102. The Hall–Kier alpha value is -0.930. The van der Waals surface area contributed by atoms with Crippen molar-refractivity contribution < 1.29 is 0 Å². The molecular formula is C15H25N3. The molecule has 1 aromatic rings. The van der Waals surface area contributed by atoms with Gasteiger partial charge in [-0.1, -0.05) is 19.9 Å². The second kappa shape index (κ2) is 6.30. The Kier molecular flexibility index (Phi) is 4.72. The minimum absolute atomic E-state index is 0.102. The molecule has 0 spiro atoms. The summed E-state index contributed by atoms with van der Waals surface area (Å²) in [5.74, 6) is 0. The number of hydrogen-bond donors (Lipinski definition) is 2. The van der Waals surface area contributed by atoms with E-state index < -0.39 is 0 Å². The topological polar surface area (TPSA) is 37.0 Å². The lowest BCUT2D eigenvalue weighted by Crippen LogP contribution is -2.36. The molecule has 2 heterocycles. The highest BCUT2D eigenvalue weighted by Crippen LogP contribution is 2.19. The van der Waals surface area contributed by atoms with Crippen LogP contribution in [-0.4, -0.2) is 30.7 Å². The van der Waals surface area contributed by atoms with Crippen LogP contribution in [0.2, 0.25) is 0 Å². The first-order valence-electron chi connectivity index (χ1n) is 7.04. The molecule has 2 N–H and O–H groups in total. The quantitative estimate of drug-likeness (QED) is 0.756. The van der Waals surface area contributed by atoms with Crippen LogP contribution in [0.3, 0.4) is 0 Å². The standard InChI is InChI=1S/C15H25N3/c1-15(2,14-7-3-4-9-18-14)12-16-11-8-13-6-5-10-17-13/h3-4,7,9,13,16-17H,5-6,8,10-12H2,1-2H3. The molecule has 1 aliphatic heterocycles. The van der Waals surface area contributed by atoms with Crippen LogP contribution in [0.15, 0.2) is 24.4 Å². The van der Waals surface area contributed by atoms with Gasteiger partial charge in [0.1, 0.15) is 0 Å². The summed E-state index contributed by atoms with van der Waals surface area (Å²) in [5.41, 5.74) is 1.26. The van der Waals surface area contributed by atoms with Crippen molar-refractivity contribution >= 4 is 0 Å². The minimum Gasteiger partial charge on any atom is -0.316 e. The maximum Gasteiger partial charge on any atom is 0.0472 e. The summed E-state index contributed by atoms with van der Waals surface area (Å²) >= 11 is 0. The zero-order valence-electron chi connectivity index (χ0n) is 11.6. The zero-order valence-corrected chi connectivity index (χ0v) is 11.6. The molecule has 1 aliphatic rings. The highest BCUT2D eigenvalue weighted by atomic mass is 15.0. The van der Waals surface area contributed by atoms with Crippen molar-refractivity contribution in [1.82, 2.24) is 15.6 Å². The van der Waals surface area contributed by atoms with Crippen LogP contribution in [0.5, 0.6) is 0 Å². The summed E-state index contributed by atoms with van der Waals surface area (Å²) in [6.07, 6.45) is 5.78. The normalized spacial score (nSPS) is 20.2. The van der Waals surface area contributed by atoms with E-state index in [1.165, 1.54) is 25.8 Å². The van der Waals surface area contributed by atoms with E-state index in [1.807, 2.05) is 12.3 Å². The second-order valence-corrected chi connectivity index (χ2v) is 5.86. The lowest BCUT2D eigenvalue weighted by atomic mass is 9.88. The molecule has 1 atom stereocenters. The molecule has 18 heavy (non-hydrogen) atoms. The van der Waals surface area contributed by atoms with E-state index in [1.54, 1.807) is 0 Å².